The van der Waals surface area contributed by atoms with Crippen LogP contribution in [0.2, 0.25) is 0 Å². The fourth-order valence-corrected chi connectivity index (χ4v) is 4.56. The Morgan fingerprint density at radius 3 is 2.15 bits per heavy atom. The lowest BCUT2D eigenvalue weighted by molar-refractivity contribution is -0.141. The Kier molecular flexibility index (Phi) is 12.1. The molecule has 2 rings (SSSR count). The number of carbonyl (C=O) groups is 6. The third-order valence-corrected chi connectivity index (χ3v) is 6.44. The molecule has 12 heteroatoms. The molecule has 6 N–H and O–H groups in total. The van der Waals surface area contributed by atoms with Gasteiger partial charge in [-0.1, -0.05) is 43.7 Å². The summed E-state index contributed by atoms with van der Waals surface area (Å²) in [6.45, 7) is 9.37. The highest BCUT2D eigenvalue weighted by Gasteiger charge is 2.36. The van der Waals surface area contributed by atoms with Gasteiger partial charge >= 0.3 is 6.09 Å². The molecule has 0 aromatic heterocycles. The summed E-state index contributed by atoms with van der Waals surface area (Å²) in [5.74, 6) is -4.06. The molecule has 40 heavy (non-hydrogen) atoms. The van der Waals surface area contributed by atoms with Gasteiger partial charge in [-0.2, -0.15) is 0 Å². The molecule has 1 aliphatic heterocycles. The maximum absolute atomic E-state index is 13.4. The van der Waals surface area contributed by atoms with Crippen LogP contribution in [0.15, 0.2) is 24.3 Å². The molecule has 12 nitrogen and oxygen atoms in total. The molecule has 0 saturated carbocycles. The predicted octanol–water partition coefficient (Wildman–Crippen LogP) is 0.809. The highest BCUT2D eigenvalue weighted by atomic mass is 16.4. The molecule has 1 aliphatic rings. The Morgan fingerprint density at radius 2 is 1.60 bits per heavy atom. The van der Waals surface area contributed by atoms with Crippen molar-refractivity contribution in [1.29, 1.82) is 0 Å². The molecule has 0 bridgehead atoms. The van der Waals surface area contributed by atoms with E-state index >= 15 is 0 Å². The third-order valence-electron chi connectivity index (χ3n) is 6.44. The summed E-state index contributed by atoms with van der Waals surface area (Å²) < 4.78 is 0. The summed E-state index contributed by atoms with van der Waals surface area (Å²) >= 11 is 0. The Morgan fingerprint density at radius 1 is 0.950 bits per heavy atom. The minimum atomic E-state index is -1.39. The fourth-order valence-electron chi connectivity index (χ4n) is 4.56. The molecule has 0 radical (unpaired) electrons. The van der Waals surface area contributed by atoms with Crippen LogP contribution < -0.4 is 26.6 Å². The molecule has 0 aliphatic carbocycles. The van der Waals surface area contributed by atoms with E-state index < -0.39 is 53.6 Å². The number of nitrogens with one attached hydrogen (secondary N) is 5. The van der Waals surface area contributed by atoms with E-state index in [2.05, 4.69) is 26.6 Å². The normalized spacial score (nSPS) is 17.0. The van der Waals surface area contributed by atoms with E-state index in [0.29, 0.717) is 13.0 Å². The average molecular weight is 560 g/mol. The number of Topliss-reactive ketones (excluding diaryl/α,β-unsaturated/α-hetero) is 1. The number of hydrogen-bond acceptors (Lipinski definition) is 6. The van der Waals surface area contributed by atoms with E-state index in [4.69, 9.17) is 0 Å². The molecule has 1 heterocycles. The maximum Gasteiger partial charge on any atom is 0.405 e. The van der Waals surface area contributed by atoms with Crippen LogP contribution in [-0.2, 0) is 30.4 Å². The Labute approximate surface area is 234 Å². The number of hydrogen-bond donors (Lipinski definition) is 6. The van der Waals surface area contributed by atoms with Crippen LogP contribution in [0.25, 0.3) is 0 Å². The summed E-state index contributed by atoms with van der Waals surface area (Å²) in [6.07, 6.45) is -0.762. The first-order valence-electron chi connectivity index (χ1n) is 13.5. The molecule has 1 aromatic carbocycles. The molecule has 0 spiro atoms. The van der Waals surface area contributed by atoms with Crippen molar-refractivity contribution >= 4 is 35.5 Å². The molecule has 4 atom stereocenters. The van der Waals surface area contributed by atoms with Gasteiger partial charge in [-0.05, 0) is 51.5 Å². The summed E-state index contributed by atoms with van der Waals surface area (Å²) in [7, 11) is 0. The van der Waals surface area contributed by atoms with Crippen molar-refractivity contribution in [3.05, 3.63) is 35.4 Å². The highest BCUT2D eigenvalue weighted by molar-refractivity contribution is 6.38. The van der Waals surface area contributed by atoms with E-state index in [-0.39, 0.29) is 37.1 Å². The van der Waals surface area contributed by atoms with Crippen LogP contribution in [-0.4, -0.2) is 71.3 Å². The number of aryl methyl sites for hydroxylation is 1. The van der Waals surface area contributed by atoms with Crippen LogP contribution in [0, 0.1) is 18.8 Å². The molecule has 1 saturated heterocycles. The van der Waals surface area contributed by atoms with Crippen molar-refractivity contribution in [2.45, 2.75) is 84.5 Å². The van der Waals surface area contributed by atoms with Crippen molar-refractivity contribution in [2.75, 3.05) is 6.54 Å². The zero-order chi connectivity index (χ0) is 30.0. The fraction of sp³-hybridized carbons (Fsp3) is 0.571. The molecule has 5 amide bonds. The molecule has 1 aromatic rings. The highest BCUT2D eigenvalue weighted by Crippen LogP contribution is 2.18. The number of ketones is 1. The number of benzene rings is 1. The monoisotopic (exact) mass is 559 g/mol. The van der Waals surface area contributed by atoms with Crippen LogP contribution in [0.5, 0.6) is 0 Å². The van der Waals surface area contributed by atoms with Gasteiger partial charge in [0.1, 0.15) is 12.1 Å². The van der Waals surface area contributed by atoms with Crippen molar-refractivity contribution in [3.63, 3.8) is 0 Å². The number of rotatable bonds is 14. The zero-order valence-corrected chi connectivity index (χ0v) is 23.7. The van der Waals surface area contributed by atoms with E-state index in [0.717, 1.165) is 11.1 Å². The van der Waals surface area contributed by atoms with Gasteiger partial charge in [0.05, 0.1) is 6.04 Å². The maximum atomic E-state index is 13.4. The summed E-state index contributed by atoms with van der Waals surface area (Å²) in [6, 6.07) is 3.37. The second-order valence-electron chi connectivity index (χ2n) is 11.0. The largest absolute Gasteiger partial charge is 0.465 e. The third kappa shape index (κ3) is 10.3. The predicted molar refractivity (Wildman–Crippen MR) is 147 cm³/mol. The minimum Gasteiger partial charge on any atom is -0.465 e. The van der Waals surface area contributed by atoms with Gasteiger partial charge < -0.3 is 31.7 Å². The van der Waals surface area contributed by atoms with E-state index in [1.807, 2.05) is 32.9 Å². The molecule has 1 fully saturated rings. The summed E-state index contributed by atoms with van der Waals surface area (Å²) in [4.78, 5) is 75.8. The lowest BCUT2D eigenvalue weighted by Crippen LogP contribution is -2.57. The van der Waals surface area contributed by atoms with Crippen molar-refractivity contribution in [1.82, 2.24) is 26.6 Å². The minimum absolute atomic E-state index is 0.0577. The average Bonchev–Trinajstić information content (AvgIpc) is 3.25. The molecule has 220 valence electrons. The SMILES string of the molecule is Cc1cccc(C[C@H](NC(=O)O)C(=O)N[C@@H](CC(C)C)C(=O)N[C@@H](C[C@@H]2CCNC2=O)C(=O)C(=O)NC(C)C)c1. The second-order valence-corrected chi connectivity index (χ2v) is 11.0. The summed E-state index contributed by atoms with van der Waals surface area (Å²) in [5, 5.41) is 21.9. The first kappa shape index (κ1) is 32.3. The van der Waals surface area contributed by atoms with Crippen molar-refractivity contribution < 1.29 is 33.9 Å². The zero-order valence-electron chi connectivity index (χ0n) is 23.7. The van der Waals surface area contributed by atoms with E-state index in [9.17, 15) is 33.9 Å². The van der Waals surface area contributed by atoms with Gasteiger partial charge in [-0.3, -0.25) is 24.0 Å². The Balaban J connectivity index is 2.25. The van der Waals surface area contributed by atoms with Crippen LogP contribution >= 0.6 is 0 Å². The van der Waals surface area contributed by atoms with Crippen LogP contribution in [0.1, 0.15) is 58.1 Å². The Bertz CT molecular complexity index is 1100. The molecule has 0 unspecified atom stereocenters. The quantitative estimate of drug-likeness (QED) is 0.182. The lowest BCUT2D eigenvalue weighted by atomic mass is 9.94. The topological polar surface area (TPSA) is 183 Å². The van der Waals surface area contributed by atoms with Gasteiger partial charge in [0.15, 0.2) is 0 Å². The van der Waals surface area contributed by atoms with Gasteiger partial charge in [-0.25, -0.2) is 4.79 Å². The van der Waals surface area contributed by atoms with Gasteiger partial charge in [0.2, 0.25) is 23.5 Å². The van der Waals surface area contributed by atoms with E-state index in [1.54, 1.807) is 26.0 Å². The smallest absolute Gasteiger partial charge is 0.405 e. The van der Waals surface area contributed by atoms with Gasteiger partial charge in [0.25, 0.3) is 5.91 Å². The number of carbonyl (C=O) groups excluding carboxylic acids is 5. The van der Waals surface area contributed by atoms with Crippen LogP contribution in [0.3, 0.4) is 0 Å². The van der Waals surface area contributed by atoms with Gasteiger partial charge in [-0.15, -0.1) is 0 Å². The lowest BCUT2D eigenvalue weighted by Gasteiger charge is -2.26. The van der Waals surface area contributed by atoms with Crippen LogP contribution in [0.4, 0.5) is 4.79 Å². The van der Waals surface area contributed by atoms with E-state index in [1.165, 1.54) is 0 Å². The first-order chi connectivity index (χ1) is 18.8. The standard InChI is InChI=1S/C28H41N5O7/c1-15(2)11-21(32-26(37)22(33-28(39)40)13-18-8-6-7-17(5)12-18)25(36)31-20(14-19-9-10-29-24(19)35)23(34)27(38)30-16(3)4/h6-8,12,15-16,19-22,33H,9-11,13-14H2,1-5H3,(H,29,35)(H,30,38)(H,31,36)(H,32,37)(H,39,40)/t19-,20-,21-,22-/m0/s1. The number of amides is 5. The first-order valence-corrected chi connectivity index (χ1v) is 13.5. The van der Waals surface area contributed by atoms with Crippen molar-refractivity contribution in [3.8, 4) is 0 Å². The summed E-state index contributed by atoms with van der Waals surface area (Å²) in [5.41, 5.74) is 1.67. The number of carboxylic acid groups (broad SMARTS) is 1. The molecular formula is C28H41N5O7. The second kappa shape index (κ2) is 15.0. The van der Waals surface area contributed by atoms with Crippen molar-refractivity contribution in [2.24, 2.45) is 11.8 Å². The molecular weight excluding hydrogens is 518 g/mol. The van der Waals surface area contributed by atoms with Gasteiger partial charge in [0, 0.05) is 24.9 Å². The Hall–Kier alpha value is -3.96.